The molecule has 0 heterocycles. The molecule has 1 aliphatic carbocycles. The summed E-state index contributed by atoms with van der Waals surface area (Å²) in [6.07, 6.45) is 1.85. The minimum atomic E-state index is -0.443. The van der Waals surface area contributed by atoms with Gasteiger partial charge in [-0.1, -0.05) is 13.0 Å². The maximum Gasteiger partial charge on any atom is 0.312 e. The molecule has 0 bridgehead atoms. The lowest BCUT2D eigenvalue weighted by Gasteiger charge is -1.95. The highest BCUT2D eigenvalue weighted by Crippen LogP contribution is 2.38. The van der Waals surface area contributed by atoms with Gasteiger partial charge in [0.2, 0.25) is 0 Å². The topological polar surface area (TPSA) is 55.1 Å². The molecule has 10 heavy (non-hydrogen) atoms. The van der Waals surface area contributed by atoms with Gasteiger partial charge in [-0.25, -0.2) is 4.79 Å². The van der Waals surface area contributed by atoms with Crippen molar-refractivity contribution in [1.29, 1.82) is 0 Å². The molecule has 0 radical (unpaired) electrons. The minimum absolute atomic E-state index is 0.231. The first-order chi connectivity index (χ1) is 4.66. The molecule has 0 spiro atoms. The van der Waals surface area contributed by atoms with Gasteiger partial charge in [0.15, 0.2) is 0 Å². The van der Waals surface area contributed by atoms with E-state index in [1.54, 1.807) is 0 Å². The number of amides is 2. The molecule has 3 nitrogen and oxygen atoms in total. The van der Waals surface area contributed by atoms with Gasteiger partial charge in [0, 0.05) is 12.0 Å². The number of carbonyl (C=O) groups is 1. The van der Waals surface area contributed by atoms with Crippen molar-refractivity contribution in [2.24, 2.45) is 17.6 Å². The average molecular weight is 140 g/mol. The highest BCUT2D eigenvalue weighted by molar-refractivity contribution is 5.72. The predicted molar refractivity (Wildman–Crippen MR) is 39.4 cm³/mol. The summed E-state index contributed by atoms with van der Waals surface area (Å²) in [5, 5.41) is 2.64. The van der Waals surface area contributed by atoms with Crippen molar-refractivity contribution in [2.75, 3.05) is 0 Å². The molecular weight excluding hydrogens is 128 g/mol. The number of primary amides is 1. The fourth-order valence-electron chi connectivity index (χ4n) is 1.25. The van der Waals surface area contributed by atoms with E-state index in [0.29, 0.717) is 11.8 Å². The maximum absolute atomic E-state index is 10.3. The third-order valence-corrected chi connectivity index (χ3v) is 2.03. The van der Waals surface area contributed by atoms with Crippen molar-refractivity contribution in [3.05, 3.63) is 12.7 Å². The molecule has 0 aromatic rings. The van der Waals surface area contributed by atoms with Crippen molar-refractivity contribution in [3.8, 4) is 0 Å². The van der Waals surface area contributed by atoms with E-state index < -0.39 is 6.03 Å². The fraction of sp³-hybridized carbons (Fsp3) is 0.571. The Morgan fingerprint density at radius 1 is 1.80 bits per heavy atom. The van der Waals surface area contributed by atoms with Crippen LogP contribution in [0.4, 0.5) is 4.79 Å². The van der Waals surface area contributed by atoms with Crippen molar-refractivity contribution in [2.45, 2.75) is 13.0 Å². The highest BCUT2D eigenvalue weighted by atomic mass is 16.2. The van der Waals surface area contributed by atoms with Gasteiger partial charge < -0.3 is 11.1 Å². The zero-order chi connectivity index (χ0) is 7.72. The molecule has 0 aromatic heterocycles. The molecule has 1 rings (SSSR count). The van der Waals surface area contributed by atoms with Crippen molar-refractivity contribution in [3.63, 3.8) is 0 Å². The number of carbonyl (C=O) groups excluding carboxylic acids is 1. The van der Waals surface area contributed by atoms with Crippen LogP contribution in [0.3, 0.4) is 0 Å². The van der Waals surface area contributed by atoms with E-state index in [9.17, 15) is 4.79 Å². The molecule has 0 saturated heterocycles. The van der Waals surface area contributed by atoms with Crippen LogP contribution in [0.25, 0.3) is 0 Å². The Labute approximate surface area is 60.3 Å². The Bertz CT molecular complexity index is 167. The summed E-state index contributed by atoms with van der Waals surface area (Å²) in [7, 11) is 0. The summed E-state index contributed by atoms with van der Waals surface area (Å²) in [5.74, 6) is 0.928. The summed E-state index contributed by atoms with van der Waals surface area (Å²) in [5.41, 5.74) is 4.93. The highest BCUT2D eigenvalue weighted by Gasteiger charge is 2.44. The maximum atomic E-state index is 10.3. The second-order valence-corrected chi connectivity index (χ2v) is 2.71. The minimum Gasteiger partial charge on any atom is -0.352 e. The summed E-state index contributed by atoms with van der Waals surface area (Å²) < 4.78 is 0. The standard InChI is InChI=1S/C7H12N2O/c1-3-5-4(2)6(5)9-7(8)10/h3-6H,1H2,2H3,(H3,8,9,10)/t4-,5+,6?/m0/s1. The van der Waals surface area contributed by atoms with Gasteiger partial charge in [0.05, 0.1) is 0 Å². The molecular formula is C7H12N2O. The molecule has 56 valence electrons. The van der Waals surface area contributed by atoms with Crippen LogP contribution < -0.4 is 11.1 Å². The monoisotopic (exact) mass is 140 g/mol. The molecule has 3 heteroatoms. The van der Waals surface area contributed by atoms with Crippen LogP contribution in [0.5, 0.6) is 0 Å². The molecule has 0 aromatic carbocycles. The zero-order valence-electron chi connectivity index (χ0n) is 6.00. The molecule has 1 unspecified atom stereocenters. The van der Waals surface area contributed by atoms with Crippen LogP contribution in [0.2, 0.25) is 0 Å². The Morgan fingerprint density at radius 2 is 2.40 bits per heavy atom. The van der Waals surface area contributed by atoms with Gasteiger partial charge >= 0.3 is 6.03 Å². The zero-order valence-corrected chi connectivity index (χ0v) is 6.00. The van der Waals surface area contributed by atoms with Crippen molar-refractivity contribution < 1.29 is 4.79 Å². The molecule has 1 saturated carbocycles. The van der Waals surface area contributed by atoms with Crippen LogP contribution in [-0.2, 0) is 0 Å². The molecule has 1 aliphatic rings. The Kier molecular flexibility index (Phi) is 1.66. The van der Waals surface area contributed by atoms with Crippen LogP contribution in [0, 0.1) is 11.8 Å². The largest absolute Gasteiger partial charge is 0.352 e. The Morgan fingerprint density at radius 3 is 2.70 bits per heavy atom. The first kappa shape index (κ1) is 7.12. The third kappa shape index (κ3) is 1.12. The Hall–Kier alpha value is -0.990. The summed E-state index contributed by atoms with van der Waals surface area (Å²) in [4.78, 5) is 10.3. The van der Waals surface area contributed by atoms with Crippen molar-refractivity contribution in [1.82, 2.24) is 5.32 Å². The quantitative estimate of drug-likeness (QED) is 0.538. The van der Waals surface area contributed by atoms with E-state index in [1.807, 2.05) is 6.08 Å². The first-order valence-corrected chi connectivity index (χ1v) is 3.35. The summed E-state index contributed by atoms with van der Waals surface area (Å²) in [6.45, 7) is 5.70. The SMILES string of the molecule is C=C[C@H]1C(NC(N)=O)[C@H]1C. The molecule has 3 N–H and O–H groups in total. The van der Waals surface area contributed by atoms with Crippen LogP contribution in [0.1, 0.15) is 6.92 Å². The normalized spacial score (nSPS) is 36.7. The van der Waals surface area contributed by atoms with E-state index in [0.717, 1.165) is 0 Å². The molecule has 1 fully saturated rings. The predicted octanol–water partition coefficient (Wildman–Crippen LogP) is 0.475. The van der Waals surface area contributed by atoms with Crippen molar-refractivity contribution >= 4 is 6.03 Å². The van der Waals surface area contributed by atoms with Gasteiger partial charge in [-0.2, -0.15) is 0 Å². The van der Waals surface area contributed by atoms with Gasteiger partial charge in [0.1, 0.15) is 0 Å². The first-order valence-electron chi connectivity index (χ1n) is 3.35. The van der Waals surface area contributed by atoms with Gasteiger partial charge in [-0.3, -0.25) is 0 Å². The number of hydrogen-bond acceptors (Lipinski definition) is 1. The smallest absolute Gasteiger partial charge is 0.312 e. The number of rotatable bonds is 2. The van der Waals surface area contributed by atoms with Crippen LogP contribution >= 0.6 is 0 Å². The van der Waals surface area contributed by atoms with E-state index in [-0.39, 0.29) is 6.04 Å². The number of hydrogen-bond donors (Lipinski definition) is 2. The lowest BCUT2D eigenvalue weighted by Crippen LogP contribution is -2.32. The molecule has 2 amide bonds. The summed E-state index contributed by atoms with van der Waals surface area (Å²) >= 11 is 0. The van der Waals surface area contributed by atoms with Gasteiger partial charge in [0.25, 0.3) is 0 Å². The van der Waals surface area contributed by atoms with Crippen LogP contribution in [-0.4, -0.2) is 12.1 Å². The van der Waals surface area contributed by atoms with Gasteiger partial charge in [-0.05, 0) is 5.92 Å². The van der Waals surface area contributed by atoms with Crippen LogP contribution in [0.15, 0.2) is 12.7 Å². The van der Waals surface area contributed by atoms with E-state index in [2.05, 4.69) is 18.8 Å². The van der Waals surface area contributed by atoms with E-state index in [1.165, 1.54) is 0 Å². The number of nitrogens with two attached hydrogens (primary N) is 1. The third-order valence-electron chi connectivity index (χ3n) is 2.03. The second-order valence-electron chi connectivity index (χ2n) is 2.71. The van der Waals surface area contributed by atoms with E-state index >= 15 is 0 Å². The lowest BCUT2D eigenvalue weighted by atomic mass is 10.3. The molecule has 3 atom stereocenters. The lowest BCUT2D eigenvalue weighted by molar-refractivity contribution is 0.248. The van der Waals surface area contributed by atoms with E-state index in [4.69, 9.17) is 5.73 Å². The Balaban J connectivity index is 2.34. The number of nitrogens with one attached hydrogen (secondary N) is 1. The average Bonchev–Trinajstić information content (AvgIpc) is 2.41. The fourth-order valence-corrected chi connectivity index (χ4v) is 1.25. The number of urea groups is 1. The van der Waals surface area contributed by atoms with Gasteiger partial charge in [-0.15, -0.1) is 6.58 Å². The molecule has 0 aliphatic heterocycles. The summed E-state index contributed by atoms with van der Waals surface area (Å²) in [6, 6.07) is -0.212. The second kappa shape index (κ2) is 2.33.